The van der Waals surface area contributed by atoms with Crippen LogP contribution in [-0.4, -0.2) is 23.7 Å². The number of rotatable bonds is 2. The van der Waals surface area contributed by atoms with Gasteiger partial charge in [0, 0.05) is 18.6 Å². The smallest absolute Gasteiger partial charge is 0.141 e. The molecule has 0 spiro atoms. The number of hydrogen-bond acceptors (Lipinski definition) is 4. The van der Waals surface area contributed by atoms with Crippen molar-refractivity contribution >= 4 is 33.2 Å². The molecule has 0 bridgehead atoms. The summed E-state index contributed by atoms with van der Waals surface area (Å²) < 4.78 is 5.24. The lowest BCUT2D eigenvalue weighted by atomic mass is 9.88. The van der Waals surface area contributed by atoms with Crippen LogP contribution in [0.4, 0.5) is 0 Å². The van der Waals surface area contributed by atoms with Gasteiger partial charge in [-0.1, -0.05) is 11.6 Å². The molecule has 0 amide bonds. The Balaban J connectivity index is 2.05. The fourth-order valence-corrected chi connectivity index (χ4v) is 4.12. The van der Waals surface area contributed by atoms with Crippen molar-refractivity contribution < 1.29 is 4.74 Å². The minimum absolute atomic E-state index is 0.595. The Morgan fingerprint density at radius 2 is 2.41 bits per heavy atom. The molecule has 0 fully saturated rings. The molecule has 0 N–H and O–H groups in total. The lowest BCUT2D eigenvalue weighted by molar-refractivity contribution is 0.145. The first-order valence-electron chi connectivity index (χ1n) is 5.69. The Hall–Kier alpha value is -0.710. The summed E-state index contributed by atoms with van der Waals surface area (Å²) in [5, 5.41) is 1.67. The van der Waals surface area contributed by atoms with Crippen LogP contribution in [0.5, 0.6) is 0 Å². The minimum atomic E-state index is 0.595. The molecule has 0 aromatic carbocycles. The fraction of sp³-hybridized carbons (Fsp3) is 0.500. The maximum atomic E-state index is 6.16. The van der Waals surface area contributed by atoms with Gasteiger partial charge in [-0.2, -0.15) is 0 Å². The van der Waals surface area contributed by atoms with E-state index in [0.29, 0.717) is 11.1 Å². The third-order valence-electron chi connectivity index (χ3n) is 3.30. The van der Waals surface area contributed by atoms with Crippen molar-refractivity contribution in [3.63, 3.8) is 0 Å². The highest BCUT2D eigenvalue weighted by Gasteiger charge is 2.24. The molecule has 17 heavy (non-hydrogen) atoms. The predicted octanol–water partition coefficient (Wildman–Crippen LogP) is 3.10. The van der Waals surface area contributed by atoms with Crippen LogP contribution < -0.4 is 0 Å². The summed E-state index contributed by atoms with van der Waals surface area (Å²) in [6, 6.07) is 0. The van der Waals surface area contributed by atoms with Gasteiger partial charge in [0.25, 0.3) is 0 Å². The standard InChI is InChI=1S/C12H13ClN2OS/c1-16-5-7-2-3-8-9(4-7)17-12-10(8)11(13)14-6-15-12/h6-7H,2-5H2,1H3. The van der Waals surface area contributed by atoms with Crippen molar-refractivity contribution in [1.82, 2.24) is 9.97 Å². The summed E-state index contributed by atoms with van der Waals surface area (Å²) in [5.41, 5.74) is 1.36. The third kappa shape index (κ3) is 1.94. The van der Waals surface area contributed by atoms with Crippen LogP contribution in [0, 0.1) is 5.92 Å². The van der Waals surface area contributed by atoms with E-state index in [1.54, 1.807) is 24.8 Å². The van der Waals surface area contributed by atoms with Gasteiger partial charge in [0.15, 0.2) is 0 Å². The molecule has 1 aliphatic rings. The van der Waals surface area contributed by atoms with Crippen molar-refractivity contribution in [3.05, 3.63) is 21.9 Å². The monoisotopic (exact) mass is 268 g/mol. The molecule has 1 unspecified atom stereocenters. The van der Waals surface area contributed by atoms with E-state index < -0.39 is 0 Å². The Bertz CT molecular complexity index is 555. The number of methoxy groups -OCH3 is 1. The van der Waals surface area contributed by atoms with Gasteiger partial charge in [-0.15, -0.1) is 11.3 Å². The summed E-state index contributed by atoms with van der Waals surface area (Å²) in [6.45, 7) is 0.840. The molecule has 2 aromatic heterocycles. The molecular formula is C12H13ClN2OS. The molecular weight excluding hydrogens is 256 g/mol. The van der Waals surface area contributed by atoms with E-state index >= 15 is 0 Å². The average Bonchev–Trinajstić information content (AvgIpc) is 2.68. The molecule has 5 heteroatoms. The van der Waals surface area contributed by atoms with Gasteiger partial charge in [-0.05, 0) is 30.7 Å². The van der Waals surface area contributed by atoms with Gasteiger partial charge in [0.05, 0.1) is 5.39 Å². The molecule has 3 rings (SSSR count). The maximum absolute atomic E-state index is 6.16. The zero-order valence-corrected chi connectivity index (χ0v) is 11.1. The van der Waals surface area contributed by atoms with Crippen molar-refractivity contribution in [3.8, 4) is 0 Å². The first-order chi connectivity index (χ1) is 8.29. The number of aryl methyl sites for hydroxylation is 1. The summed E-state index contributed by atoms with van der Waals surface area (Å²) >= 11 is 7.92. The summed E-state index contributed by atoms with van der Waals surface area (Å²) in [7, 11) is 1.77. The number of ether oxygens (including phenoxy) is 1. The van der Waals surface area contributed by atoms with Gasteiger partial charge >= 0.3 is 0 Å². The van der Waals surface area contributed by atoms with E-state index in [1.165, 1.54) is 10.4 Å². The van der Waals surface area contributed by atoms with E-state index in [-0.39, 0.29) is 0 Å². The molecule has 90 valence electrons. The molecule has 2 heterocycles. The second-order valence-corrected chi connectivity index (χ2v) is 5.85. The second kappa shape index (κ2) is 4.52. The van der Waals surface area contributed by atoms with Crippen LogP contribution in [0.3, 0.4) is 0 Å². The second-order valence-electron chi connectivity index (χ2n) is 4.41. The predicted molar refractivity (Wildman–Crippen MR) is 69.8 cm³/mol. The van der Waals surface area contributed by atoms with E-state index in [2.05, 4.69) is 9.97 Å². The Morgan fingerprint density at radius 3 is 3.24 bits per heavy atom. The summed E-state index contributed by atoms with van der Waals surface area (Å²) in [6.07, 6.45) is 4.86. The molecule has 0 saturated carbocycles. The fourth-order valence-electron chi connectivity index (χ4n) is 2.52. The zero-order chi connectivity index (χ0) is 11.8. The number of hydrogen-bond donors (Lipinski definition) is 0. The molecule has 1 atom stereocenters. The summed E-state index contributed by atoms with van der Waals surface area (Å²) in [4.78, 5) is 10.8. The van der Waals surface area contributed by atoms with Crippen LogP contribution in [0.15, 0.2) is 6.33 Å². The minimum Gasteiger partial charge on any atom is -0.384 e. The lowest BCUT2D eigenvalue weighted by Gasteiger charge is -2.21. The molecule has 0 aliphatic heterocycles. The highest BCUT2D eigenvalue weighted by molar-refractivity contribution is 7.19. The zero-order valence-electron chi connectivity index (χ0n) is 9.57. The van der Waals surface area contributed by atoms with Crippen molar-refractivity contribution in [2.45, 2.75) is 19.3 Å². The lowest BCUT2D eigenvalue weighted by Crippen LogP contribution is -2.17. The third-order valence-corrected chi connectivity index (χ3v) is 4.75. The van der Waals surface area contributed by atoms with Crippen molar-refractivity contribution in [1.29, 1.82) is 0 Å². The normalized spacial score (nSPS) is 19.5. The van der Waals surface area contributed by atoms with Gasteiger partial charge in [-0.25, -0.2) is 9.97 Å². The number of aromatic nitrogens is 2. The van der Waals surface area contributed by atoms with Gasteiger partial charge in [0.2, 0.25) is 0 Å². The largest absolute Gasteiger partial charge is 0.384 e. The number of thiophene rings is 1. The van der Waals surface area contributed by atoms with E-state index in [4.69, 9.17) is 16.3 Å². The Morgan fingerprint density at radius 1 is 1.53 bits per heavy atom. The van der Waals surface area contributed by atoms with Gasteiger partial charge in [0.1, 0.15) is 16.3 Å². The van der Waals surface area contributed by atoms with Gasteiger partial charge < -0.3 is 4.74 Å². The van der Waals surface area contributed by atoms with Crippen LogP contribution in [0.25, 0.3) is 10.2 Å². The average molecular weight is 269 g/mol. The number of halogens is 1. The first-order valence-corrected chi connectivity index (χ1v) is 6.88. The highest BCUT2D eigenvalue weighted by atomic mass is 35.5. The number of fused-ring (bicyclic) bond motifs is 3. The highest BCUT2D eigenvalue weighted by Crippen LogP contribution is 2.39. The topological polar surface area (TPSA) is 35.0 Å². The van der Waals surface area contributed by atoms with E-state index in [9.17, 15) is 0 Å². The molecule has 3 nitrogen and oxygen atoms in total. The van der Waals surface area contributed by atoms with Crippen LogP contribution >= 0.6 is 22.9 Å². The molecule has 2 aromatic rings. The molecule has 1 aliphatic carbocycles. The SMILES string of the molecule is COCC1CCc2c(sc3ncnc(Cl)c23)C1. The van der Waals surface area contributed by atoms with Crippen LogP contribution in [-0.2, 0) is 17.6 Å². The Labute approximate surface area is 109 Å². The first kappa shape index (κ1) is 11.4. The van der Waals surface area contributed by atoms with Crippen molar-refractivity contribution in [2.24, 2.45) is 5.92 Å². The van der Waals surface area contributed by atoms with Gasteiger partial charge in [-0.3, -0.25) is 0 Å². The summed E-state index contributed by atoms with van der Waals surface area (Å²) in [5.74, 6) is 0.632. The van der Waals surface area contributed by atoms with Crippen molar-refractivity contribution in [2.75, 3.05) is 13.7 Å². The molecule has 0 saturated heterocycles. The molecule has 0 radical (unpaired) electrons. The quantitative estimate of drug-likeness (QED) is 0.785. The maximum Gasteiger partial charge on any atom is 0.141 e. The number of nitrogens with zero attached hydrogens (tertiary/aromatic N) is 2. The van der Waals surface area contributed by atoms with E-state index in [1.807, 2.05) is 0 Å². The Kier molecular flexibility index (Phi) is 3.03. The van der Waals surface area contributed by atoms with Crippen LogP contribution in [0.1, 0.15) is 16.9 Å². The van der Waals surface area contributed by atoms with Crippen LogP contribution in [0.2, 0.25) is 5.15 Å². The van der Waals surface area contributed by atoms with E-state index in [0.717, 1.165) is 36.1 Å².